The standard InChI is InChI=1S/C27H18N12O12/c40-34(41)19-1-4-22(25(10-19)37(46)47)31-28-13-16-7-17(14-29-32-23-5-2-20(35(42)43)11-26(23)38(48)49)9-18(8-16)15-30-33-24-6-3-21(36(44)45)12-27(24)39(50)51/h1-15,31-33H/b28-13+,29-14+,30-15+. The first-order chi connectivity index (χ1) is 24.2. The van der Waals surface area contributed by atoms with Gasteiger partial charge in [0.2, 0.25) is 0 Å². The van der Waals surface area contributed by atoms with Crippen LogP contribution in [-0.4, -0.2) is 48.2 Å². The summed E-state index contributed by atoms with van der Waals surface area (Å²) in [6.45, 7) is 0. The molecular formula is C27H18N12O12. The van der Waals surface area contributed by atoms with E-state index in [0.717, 1.165) is 54.6 Å². The van der Waals surface area contributed by atoms with Gasteiger partial charge in [0, 0.05) is 18.2 Å². The molecule has 0 radical (unpaired) electrons. The second kappa shape index (κ2) is 15.5. The number of benzene rings is 4. The van der Waals surface area contributed by atoms with Crippen molar-refractivity contribution in [2.24, 2.45) is 15.3 Å². The van der Waals surface area contributed by atoms with Gasteiger partial charge in [0.25, 0.3) is 17.1 Å². The molecule has 24 nitrogen and oxygen atoms in total. The molecule has 0 amide bonds. The summed E-state index contributed by atoms with van der Waals surface area (Å²) >= 11 is 0. The Morgan fingerprint density at radius 2 is 0.647 bits per heavy atom. The molecule has 0 bridgehead atoms. The van der Waals surface area contributed by atoms with E-state index in [2.05, 4.69) is 31.6 Å². The number of nitro benzene ring substituents is 6. The van der Waals surface area contributed by atoms with Crippen LogP contribution < -0.4 is 16.3 Å². The molecule has 0 aliphatic rings. The van der Waals surface area contributed by atoms with Crippen LogP contribution in [0.3, 0.4) is 0 Å². The average Bonchev–Trinajstić information content (AvgIpc) is 3.08. The van der Waals surface area contributed by atoms with Crippen molar-refractivity contribution < 1.29 is 29.5 Å². The third-order valence-corrected chi connectivity index (χ3v) is 6.36. The third-order valence-electron chi connectivity index (χ3n) is 6.36. The number of hydrazone groups is 3. The van der Waals surface area contributed by atoms with Crippen molar-refractivity contribution in [2.75, 3.05) is 16.3 Å². The topological polar surface area (TPSA) is 332 Å². The Hall–Kier alpha value is -8.31. The fraction of sp³-hybridized carbons (Fsp3) is 0. The first-order valence-corrected chi connectivity index (χ1v) is 13.5. The predicted octanol–water partition coefficient (Wildman–Crippen LogP) is 5.47. The van der Waals surface area contributed by atoms with Gasteiger partial charge >= 0.3 is 17.1 Å². The SMILES string of the molecule is O=[N+]([O-])c1ccc(N/N=C/c2cc(/C=N/Nc3ccc([N+](=O)[O-])cc3[N+](=O)[O-])cc(/C=N/Nc3ccc([N+](=O)[O-])cc3[N+](=O)[O-])c2)c([N+](=O)[O-])c1. The lowest BCUT2D eigenvalue weighted by Gasteiger charge is -2.05. The molecule has 0 saturated heterocycles. The molecule has 0 aromatic heterocycles. The number of hydrogen-bond acceptors (Lipinski definition) is 18. The summed E-state index contributed by atoms with van der Waals surface area (Å²) in [4.78, 5) is 62.5. The van der Waals surface area contributed by atoms with Gasteiger partial charge < -0.3 is 0 Å². The minimum atomic E-state index is -0.846. The number of nitrogens with zero attached hydrogens (tertiary/aromatic N) is 9. The zero-order valence-corrected chi connectivity index (χ0v) is 25.1. The summed E-state index contributed by atoms with van der Waals surface area (Å²) in [5.74, 6) is 0. The lowest BCUT2D eigenvalue weighted by atomic mass is 10.1. The van der Waals surface area contributed by atoms with E-state index >= 15 is 0 Å². The number of non-ortho nitro benzene ring substituents is 3. The van der Waals surface area contributed by atoms with Crippen LogP contribution in [0.2, 0.25) is 0 Å². The first kappa shape index (κ1) is 35.5. The van der Waals surface area contributed by atoms with E-state index in [-0.39, 0.29) is 17.1 Å². The highest BCUT2D eigenvalue weighted by molar-refractivity contribution is 5.92. The molecule has 0 aliphatic heterocycles. The molecule has 258 valence electrons. The van der Waals surface area contributed by atoms with Gasteiger partial charge in [-0.05, 0) is 53.1 Å². The number of rotatable bonds is 15. The van der Waals surface area contributed by atoms with E-state index in [4.69, 9.17) is 0 Å². The quantitative estimate of drug-likeness (QED) is 0.0784. The smallest absolute Gasteiger partial charge is 0.272 e. The highest BCUT2D eigenvalue weighted by Crippen LogP contribution is 2.31. The number of anilines is 3. The molecule has 51 heavy (non-hydrogen) atoms. The average molecular weight is 703 g/mol. The van der Waals surface area contributed by atoms with Crippen LogP contribution in [0.4, 0.5) is 51.2 Å². The van der Waals surface area contributed by atoms with E-state index in [1.54, 1.807) is 0 Å². The van der Waals surface area contributed by atoms with Gasteiger partial charge in [-0.25, -0.2) is 0 Å². The Bertz CT molecular complexity index is 1930. The maximum absolute atomic E-state index is 11.5. The fourth-order valence-corrected chi connectivity index (χ4v) is 4.09. The summed E-state index contributed by atoms with van der Waals surface area (Å²) in [5.41, 5.74) is 4.16. The van der Waals surface area contributed by atoms with Crippen molar-refractivity contribution in [3.63, 3.8) is 0 Å². The summed E-state index contributed by atoms with van der Waals surface area (Å²) in [6.07, 6.45) is 3.59. The Morgan fingerprint density at radius 3 is 0.863 bits per heavy atom. The molecule has 4 rings (SSSR count). The predicted molar refractivity (Wildman–Crippen MR) is 179 cm³/mol. The molecular weight excluding hydrogens is 684 g/mol. The lowest BCUT2D eigenvalue weighted by molar-refractivity contribution is -0.393. The number of nitro groups is 6. The van der Waals surface area contributed by atoms with Crippen LogP contribution in [0.25, 0.3) is 0 Å². The van der Waals surface area contributed by atoms with Gasteiger partial charge in [0.15, 0.2) is 0 Å². The van der Waals surface area contributed by atoms with Crippen LogP contribution in [0.1, 0.15) is 16.7 Å². The van der Waals surface area contributed by atoms with E-state index in [0.29, 0.717) is 16.7 Å². The van der Waals surface area contributed by atoms with E-state index < -0.39 is 63.7 Å². The largest absolute Gasteiger partial charge is 0.301 e. The third kappa shape index (κ3) is 9.16. The van der Waals surface area contributed by atoms with Crippen molar-refractivity contribution in [3.05, 3.63) is 150 Å². The maximum Gasteiger partial charge on any atom is 0.301 e. The monoisotopic (exact) mass is 702 g/mol. The Labute approximate surface area is 281 Å². The van der Waals surface area contributed by atoms with E-state index in [1.165, 1.54) is 36.8 Å². The fourth-order valence-electron chi connectivity index (χ4n) is 4.09. The molecule has 0 spiro atoms. The summed E-state index contributed by atoms with van der Waals surface area (Å²) < 4.78 is 0. The number of hydrogen-bond donors (Lipinski definition) is 3. The lowest BCUT2D eigenvalue weighted by Crippen LogP contribution is -2.01. The zero-order chi connectivity index (χ0) is 37.2. The summed E-state index contributed by atoms with van der Waals surface area (Å²) in [6, 6.07) is 13.0. The van der Waals surface area contributed by atoms with Gasteiger partial charge in [0.05, 0.1) is 66.4 Å². The van der Waals surface area contributed by atoms with Crippen molar-refractivity contribution in [1.29, 1.82) is 0 Å². The molecule has 4 aromatic carbocycles. The van der Waals surface area contributed by atoms with Gasteiger partial charge in [-0.3, -0.25) is 77.0 Å². The first-order valence-electron chi connectivity index (χ1n) is 13.5. The normalized spacial score (nSPS) is 11.1. The molecule has 0 aliphatic carbocycles. The zero-order valence-electron chi connectivity index (χ0n) is 25.1. The summed E-state index contributed by atoms with van der Waals surface area (Å²) in [7, 11) is 0. The van der Waals surface area contributed by atoms with Gasteiger partial charge in [-0.15, -0.1) is 0 Å². The highest BCUT2D eigenvalue weighted by Gasteiger charge is 2.21. The highest BCUT2D eigenvalue weighted by atomic mass is 16.6. The molecule has 0 unspecified atom stereocenters. The van der Waals surface area contributed by atoms with E-state index in [1.807, 2.05) is 0 Å². The molecule has 4 aromatic rings. The van der Waals surface area contributed by atoms with Crippen molar-refractivity contribution in [3.8, 4) is 0 Å². The molecule has 0 heterocycles. The van der Waals surface area contributed by atoms with Crippen LogP contribution in [0, 0.1) is 60.7 Å². The van der Waals surface area contributed by atoms with Crippen molar-refractivity contribution >= 4 is 69.8 Å². The van der Waals surface area contributed by atoms with Gasteiger partial charge in [0.1, 0.15) is 17.1 Å². The van der Waals surface area contributed by atoms with Gasteiger partial charge in [-0.1, -0.05) is 0 Å². The molecule has 3 N–H and O–H groups in total. The second-order valence-corrected chi connectivity index (χ2v) is 9.69. The van der Waals surface area contributed by atoms with Crippen LogP contribution in [0.15, 0.2) is 88.1 Å². The number of nitrogens with one attached hydrogen (secondary N) is 3. The van der Waals surface area contributed by atoms with Crippen LogP contribution >= 0.6 is 0 Å². The van der Waals surface area contributed by atoms with E-state index in [9.17, 15) is 60.7 Å². The Morgan fingerprint density at radius 1 is 0.392 bits per heavy atom. The van der Waals surface area contributed by atoms with Gasteiger partial charge in [-0.2, -0.15) is 15.3 Å². The van der Waals surface area contributed by atoms with Crippen molar-refractivity contribution in [2.45, 2.75) is 0 Å². The maximum atomic E-state index is 11.5. The summed E-state index contributed by atoms with van der Waals surface area (Å²) in [5, 5.41) is 79.3. The Balaban J connectivity index is 1.65. The Kier molecular flexibility index (Phi) is 10.8. The van der Waals surface area contributed by atoms with Crippen LogP contribution in [0.5, 0.6) is 0 Å². The molecule has 0 saturated carbocycles. The van der Waals surface area contributed by atoms with Crippen LogP contribution in [-0.2, 0) is 0 Å². The molecule has 0 atom stereocenters. The minimum absolute atomic E-state index is 0.177. The minimum Gasteiger partial charge on any atom is -0.272 e. The molecule has 0 fully saturated rings. The second-order valence-electron chi connectivity index (χ2n) is 9.69. The molecule has 24 heteroatoms. The van der Waals surface area contributed by atoms with Crippen molar-refractivity contribution in [1.82, 2.24) is 0 Å².